The summed E-state index contributed by atoms with van der Waals surface area (Å²) in [5.41, 5.74) is 1.20. The van der Waals surface area contributed by atoms with Crippen LogP contribution in [0.5, 0.6) is 0 Å². The Morgan fingerprint density at radius 1 is 1.08 bits per heavy atom. The van der Waals surface area contributed by atoms with Crippen LogP contribution < -0.4 is 5.32 Å². The molecular formula is C18H13FN2O3. The van der Waals surface area contributed by atoms with Gasteiger partial charge >= 0.3 is 5.97 Å². The fourth-order valence-electron chi connectivity index (χ4n) is 2.32. The summed E-state index contributed by atoms with van der Waals surface area (Å²) in [7, 11) is 0. The molecule has 6 heteroatoms. The van der Waals surface area contributed by atoms with E-state index in [4.69, 9.17) is 5.11 Å². The van der Waals surface area contributed by atoms with Gasteiger partial charge in [-0.25, -0.2) is 9.18 Å². The van der Waals surface area contributed by atoms with Crippen LogP contribution in [0.1, 0.15) is 26.3 Å². The van der Waals surface area contributed by atoms with Crippen LogP contribution >= 0.6 is 0 Å². The molecule has 0 spiro atoms. The summed E-state index contributed by atoms with van der Waals surface area (Å²) in [5.74, 6) is -2.13. The minimum atomic E-state index is -1.15. The summed E-state index contributed by atoms with van der Waals surface area (Å²) >= 11 is 0. The first-order chi connectivity index (χ1) is 11.5. The van der Waals surface area contributed by atoms with Crippen LogP contribution in [0.25, 0.3) is 10.9 Å². The van der Waals surface area contributed by atoms with Crippen LogP contribution in [0.3, 0.4) is 0 Å². The van der Waals surface area contributed by atoms with Gasteiger partial charge in [0.25, 0.3) is 5.91 Å². The minimum absolute atomic E-state index is 0.0342. The molecule has 0 atom stereocenters. The second-order valence-corrected chi connectivity index (χ2v) is 5.21. The van der Waals surface area contributed by atoms with E-state index in [2.05, 4.69) is 10.3 Å². The Hall–Kier alpha value is -3.28. The van der Waals surface area contributed by atoms with E-state index in [9.17, 15) is 14.0 Å². The highest BCUT2D eigenvalue weighted by Crippen LogP contribution is 2.14. The number of nitrogens with one attached hydrogen (secondary N) is 1. The lowest BCUT2D eigenvalue weighted by molar-refractivity contribution is 0.0696. The average Bonchev–Trinajstić information content (AvgIpc) is 2.60. The van der Waals surface area contributed by atoms with Crippen molar-refractivity contribution in [3.8, 4) is 0 Å². The number of pyridine rings is 1. The second-order valence-electron chi connectivity index (χ2n) is 5.21. The third-order valence-corrected chi connectivity index (χ3v) is 3.58. The molecule has 0 aliphatic rings. The van der Waals surface area contributed by atoms with E-state index in [1.54, 1.807) is 6.07 Å². The molecule has 1 heterocycles. The second kappa shape index (κ2) is 6.45. The number of hydrogen-bond donors (Lipinski definition) is 2. The van der Waals surface area contributed by atoms with E-state index in [1.807, 2.05) is 24.3 Å². The first kappa shape index (κ1) is 15.6. The summed E-state index contributed by atoms with van der Waals surface area (Å²) in [6, 6.07) is 12.5. The van der Waals surface area contributed by atoms with E-state index in [0.29, 0.717) is 5.56 Å². The number of fused-ring (bicyclic) bond motifs is 1. The molecule has 0 fully saturated rings. The third-order valence-electron chi connectivity index (χ3n) is 3.58. The van der Waals surface area contributed by atoms with Crippen molar-refractivity contribution in [1.29, 1.82) is 0 Å². The summed E-state index contributed by atoms with van der Waals surface area (Å²) < 4.78 is 13.7. The number of halogens is 1. The number of carbonyl (C=O) groups is 2. The lowest BCUT2D eigenvalue weighted by Crippen LogP contribution is -2.23. The molecule has 2 N–H and O–H groups in total. The van der Waals surface area contributed by atoms with Crippen LogP contribution in [0.4, 0.5) is 4.39 Å². The molecule has 3 aromatic rings. The SMILES string of the molecule is O=C(O)c1ccc(F)c(CNC(=O)c2cnc3ccccc3c2)c1. The maximum atomic E-state index is 13.7. The first-order valence-electron chi connectivity index (χ1n) is 7.19. The van der Waals surface area contributed by atoms with E-state index >= 15 is 0 Å². The molecular weight excluding hydrogens is 311 g/mol. The zero-order valence-corrected chi connectivity index (χ0v) is 12.5. The molecule has 24 heavy (non-hydrogen) atoms. The van der Waals surface area contributed by atoms with Gasteiger partial charge in [-0.1, -0.05) is 18.2 Å². The van der Waals surface area contributed by atoms with E-state index < -0.39 is 17.7 Å². The molecule has 0 saturated heterocycles. The zero-order chi connectivity index (χ0) is 17.1. The van der Waals surface area contributed by atoms with Gasteiger partial charge in [-0.3, -0.25) is 9.78 Å². The molecule has 1 aromatic heterocycles. The highest BCUT2D eigenvalue weighted by molar-refractivity contribution is 5.97. The van der Waals surface area contributed by atoms with Crippen LogP contribution in [-0.4, -0.2) is 22.0 Å². The Labute approximate surface area is 136 Å². The van der Waals surface area contributed by atoms with Gasteiger partial charge in [0.15, 0.2) is 0 Å². The van der Waals surface area contributed by atoms with Gasteiger partial charge in [0, 0.05) is 23.7 Å². The van der Waals surface area contributed by atoms with Gasteiger partial charge in [-0.2, -0.15) is 0 Å². The van der Waals surface area contributed by atoms with Crippen molar-refractivity contribution in [3.63, 3.8) is 0 Å². The van der Waals surface area contributed by atoms with Crippen LogP contribution in [0.2, 0.25) is 0 Å². The molecule has 1 amide bonds. The van der Waals surface area contributed by atoms with Gasteiger partial charge in [-0.15, -0.1) is 0 Å². The summed E-state index contributed by atoms with van der Waals surface area (Å²) in [6.07, 6.45) is 1.45. The number of aromatic nitrogens is 1. The molecule has 0 aliphatic heterocycles. The number of benzene rings is 2. The van der Waals surface area contributed by atoms with Crippen LogP contribution in [0, 0.1) is 5.82 Å². The van der Waals surface area contributed by atoms with Crippen molar-refractivity contribution in [2.45, 2.75) is 6.54 Å². The van der Waals surface area contributed by atoms with E-state index in [1.165, 1.54) is 18.3 Å². The smallest absolute Gasteiger partial charge is 0.335 e. The lowest BCUT2D eigenvalue weighted by Gasteiger charge is -2.08. The molecule has 120 valence electrons. The third kappa shape index (κ3) is 3.22. The van der Waals surface area contributed by atoms with Gasteiger partial charge in [0.05, 0.1) is 16.6 Å². The molecule has 0 aliphatic carbocycles. The predicted molar refractivity (Wildman–Crippen MR) is 86.3 cm³/mol. The van der Waals surface area contributed by atoms with E-state index in [0.717, 1.165) is 17.0 Å². The van der Waals surface area contributed by atoms with E-state index in [-0.39, 0.29) is 17.7 Å². The summed E-state index contributed by atoms with van der Waals surface area (Å²) in [5, 5.41) is 12.3. The molecule has 0 radical (unpaired) electrons. The first-order valence-corrected chi connectivity index (χ1v) is 7.19. The number of rotatable bonds is 4. The van der Waals surface area contributed by atoms with Gasteiger partial charge in [0.2, 0.25) is 0 Å². The zero-order valence-electron chi connectivity index (χ0n) is 12.5. The molecule has 0 unspecified atom stereocenters. The van der Waals surface area contributed by atoms with Crippen molar-refractivity contribution in [2.75, 3.05) is 0 Å². The number of carboxylic acids is 1. The molecule has 0 bridgehead atoms. The molecule has 2 aromatic carbocycles. The maximum Gasteiger partial charge on any atom is 0.335 e. The lowest BCUT2D eigenvalue weighted by atomic mass is 10.1. The monoisotopic (exact) mass is 324 g/mol. The van der Waals surface area contributed by atoms with Gasteiger partial charge < -0.3 is 10.4 Å². The molecule has 0 saturated carbocycles. The largest absolute Gasteiger partial charge is 0.478 e. The Morgan fingerprint density at radius 2 is 1.88 bits per heavy atom. The van der Waals surface area contributed by atoms with Crippen molar-refractivity contribution in [2.24, 2.45) is 0 Å². The van der Waals surface area contributed by atoms with Gasteiger partial charge in [0.1, 0.15) is 5.82 Å². The standard InChI is InChI=1S/C18H13FN2O3/c19-15-6-5-12(18(23)24)8-13(15)9-21-17(22)14-7-11-3-1-2-4-16(11)20-10-14/h1-8,10H,9H2,(H,21,22)(H,23,24). The van der Waals surface area contributed by atoms with Crippen molar-refractivity contribution in [1.82, 2.24) is 10.3 Å². The summed E-state index contributed by atoms with van der Waals surface area (Å²) in [6.45, 7) is -0.112. The Kier molecular flexibility index (Phi) is 4.20. The average molecular weight is 324 g/mol. The van der Waals surface area contributed by atoms with Crippen molar-refractivity contribution < 1.29 is 19.1 Å². The Bertz CT molecular complexity index is 940. The van der Waals surface area contributed by atoms with Gasteiger partial charge in [-0.05, 0) is 30.3 Å². The Morgan fingerprint density at radius 3 is 2.67 bits per heavy atom. The highest BCUT2D eigenvalue weighted by Gasteiger charge is 2.11. The quantitative estimate of drug-likeness (QED) is 0.773. The predicted octanol–water partition coefficient (Wildman–Crippen LogP) is 3.00. The number of para-hydroxylation sites is 1. The number of amides is 1. The van der Waals surface area contributed by atoms with Crippen molar-refractivity contribution in [3.05, 3.63) is 77.2 Å². The fourth-order valence-corrected chi connectivity index (χ4v) is 2.32. The summed E-state index contributed by atoms with van der Waals surface area (Å²) in [4.78, 5) is 27.3. The number of carboxylic acid groups (broad SMARTS) is 1. The van der Waals surface area contributed by atoms with Crippen molar-refractivity contribution >= 4 is 22.8 Å². The highest BCUT2D eigenvalue weighted by atomic mass is 19.1. The fraction of sp³-hybridized carbons (Fsp3) is 0.0556. The normalized spacial score (nSPS) is 10.5. The van der Waals surface area contributed by atoms with Crippen LogP contribution in [-0.2, 0) is 6.54 Å². The Balaban J connectivity index is 1.77. The minimum Gasteiger partial charge on any atom is -0.478 e. The number of hydrogen-bond acceptors (Lipinski definition) is 3. The maximum absolute atomic E-state index is 13.7. The topological polar surface area (TPSA) is 79.3 Å². The number of aromatic carboxylic acids is 1. The molecule has 3 rings (SSSR count). The number of carbonyl (C=O) groups excluding carboxylic acids is 1. The number of nitrogens with zero attached hydrogens (tertiary/aromatic N) is 1. The molecule has 5 nitrogen and oxygen atoms in total. The van der Waals surface area contributed by atoms with Crippen LogP contribution in [0.15, 0.2) is 54.7 Å².